The van der Waals surface area contributed by atoms with Gasteiger partial charge in [0.05, 0.1) is 29.5 Å². The Morgan fingerprint density at radius 2 is 1.98 bits per heavy atom. The number of nitrogens with one attached hydrogen (secondary N) is 2. The average molecular weight is 772 g/mol. The Bertz CT molecular complexity index is 1770. The van der Waals surface area contributed by atoms with Crippen LogP contribution in [-0.2, 0) is 27.5 Å². The third kappa shape index (κ3) is 9.85. The van der Waals surface area contributed by atoms with Crippen molar-refractivity contribution in [3.05, 3.63) is 58.6 Å². The van der Waals surface area contributed by atoms with E-state index in [1.165, 1.54) is 25.6 Å². The van der Waals surface area contributed by atoms with E-state index in [1.807, 2.05) is 34.6 Å². The average Bonchev–Trinajstić information content (AvgIpc) is 3.92. The number of nitrogen functional groups attached to an aromatic ring is 1. The third-order valence-electron chi connectivity index (χ3n) is 9.79. The molecule has 3 fully saturated rings. The van der Waals surface area contributed by atoms with Gasteiger partial charge in [-0.25, -0.2) is 4.39 Å². The van der Waals surface area contributed by atoms with Crippen LogP contribution >= 0.6 is 11.3 Å². The van der Waals surface area contributed by atoms with Crippen LogP contribution in [0.15, 0.2) is 17.1 Å². The van der Waals surface area contributed by atoms with Crippen molar-refractivity contribution in [1.29, 1.82) is 5.26 Å². The monoisotopic (exact) mass is 771 g/mol. The molecule has 5 heterocycles. The molecule has 12 heteroatoms. The van der Waals surface area contributed by atoms with Gasteiger partial charge >= 0.3 is 51.4 Å². The van der Waals surface area contributed by atoms with Crippen LogP contribution in [0.25, 0.3) is 21.2 Å². The summed E-state index contributed by atoms with van der Waals surface area (Å²) in [5.74, 6) is 0.667. The van der Waals surface area contributed by atoms with Crippen molar-refractivity contribution < 1.29 is 70.0 Å². The Morgan fingerprint density at radius 1 is 1.26 bits per heavy atom. The molecule has 0 bridgehead atoms. The Morgan fingerprint density at radius 3 is 2.68 bits per heavy atom. The molecule has 7 rings (SSSR count). The summed E-state index contributed by atoms with van der Waals surface area (Å²) in [4.78, 5) is 20.2. The maximum atomic E-state index is 14.9. The number of nitrogens with two attached hydrogens (primary N) is 1. The number of amides is 1. The number of halogens is 1. The topological polar surface area (TPSA) is 125 Å². The van der Waals surface area contributed by atoms with Gasteiger partial charge < -0.3 is 30.8 Å². The van der Waals surface area contributed by atoms with Gasteiger partial charge in [-0.2, -0.15) is 5.26 Å². The van der Waals surface area contributed by atoms with Crippen LogP contribution in [0, 0.1) is 42.8 Å². The number of benzene rings is 2. The number of anilines is 1. The summed E-state index contributed by atoms with van der Waals surface area (Å²) >= 11 is 1.08. The van der Waals surface area contributed by atoms with Crippen molar-refractivity contribution in [2.24, 2.45) is 10.9 Å². The molecule has 3 unspecified atom stereocenters. The summed E-state index contributed by atoms with van der Waals surface area (Å²) in [5.41, 5.74) is 11.4. The standard InChI is InChI=1S/C34H37FN6O3S.C3H8.2C2H6.K/c1-19-12-34(8-4-10-41(34)14-19)17-44-18-39-32(40-27-5-3-9-38-33(27)42)22-11-20(2)28(25-16-43-15-24(22)25)21-6-7-26(35)30-29(21)23(13-36)31(37)45-30;1-3-2;2*1-2;/h6-7,18-19,27H,3-5,8-10,12,14-17,37H2,1-2H3,(H,38,42)(H,39,40);3H2,1-2H3;2*1-2H3;/q-2;;;;+1. The van der Waals surface area contributed by atoms with E-state index in [1.54, 1.807) is 6.07 Å². The quantitative estimate of drug-likeness (QED) is 0.0967. The zero-order valence-corrected chi connectivity index (χ0v) is 37.2. The molecule has 1 amide bonds. The van der Waals surface area contributed by atoms with Gasteiger partial charge in [0.2, 0.25) is 5.91 Å². The molecule has 284 valence electrons. The molecule has 4 aliphatic rings. The van der Waals surface area contributed by atoms with Gasteiger partial charge in [0, 0.05) is 30.6 Å². The molecule has 0 radical (unpaired) electrons. The van der Waals surface area contributed by atoms with Gasteiger partial charge in [-0.15, -0.1) is 34.1 Å². The number of hydrogen-bond donors (Lipinski definition) is 3. The van der Waals surface area contributed by atoms with Crippen molar-refractivity contribution in [1.82, 2.24) is 15.5 Å². The van der Waals surface area contributed by atoms with Crippen LogP contribution in [0.3, 0.4) is 0 Å². The number of amidine groups is 1. The van der Waals surface area contributed by atoms with Crippen molar-refractivity contribution in [2.75, 3.05) is 32.0 Å². The second kappa shape index (κ2) is 21.3. The molecule has 2 aromatic carbocycles. The molecule has 3 aromatic rings. The molecule has 9 nitrogen and oxygen atoms in total. The van der Waals surface area contributed by atoms with E-state index in [2.05, 4.69) is 48.4 Å². The van der Waals surface area contributed by atoms with E-state index in [4.69, 9.17) is 20.2 Å². The van der Waals surface area contributed by atoms with Gasteiger partial charge in [-0.1, -0.05) is 79.0 Å². The molecule has 0 spiro atoms. The first-order chi connectivity index (χ1) is 25.2. The van der Waals surface area contributed by atoms with Gasteiger partial charge in [0.15, 0.2) is 0 Å². The number of nitriles is 1. The van der Waals surface area contributed by atoms with Crippen LogP contribution in [0.4, 0.5) is 9.39 Å². The van der Waals surface area contributed by atoms with Crippen LogP contribution < -0.4 is 67.8 Å². The fourth-order valence-corrected chi connectivity index (χ4v) is 8.81. The number of aryl methyl sites for hydroxylation is 1. The number of nitrogens with zero attached hydrogens (tertiary/aromatic N) is 3. The van der Waals surface area contributed by atoms with E-state index in [0.29, 0.717) is 60.2 Å². The van der Waals surface area contributed by atoms with E-state index >= 15 is 0 Å². The van der Waals surface area contributed by atoms with Crippen LogP contribution in [0.1, 0.15) is 115 Å². The molecular formula is C41H57FKN6O3S-. The summed E-state index contributed by atoms with van der Waals surface area (Å²) < 4.78 is 27.4. The van der Waals surface area contributed by atoms with Gasteiger partial charge in [0.25, 0.3) is 0 Å². The van der Waals surface area contributed by atoms with Crippen molar-refractivity contribution in [2.45, 2.75) is 119 Å². The normalized spacial score (nSPS) is 21.7. The summed E-state index contributed by atoms with van der Waals surface area (Å²) in [5, 5.41) is 17.0. The first kappa shape index (κ1) is 45.3. The number of carbonyl (C=O) groups excluding carboxylic acids is 1. The second-order valence-electron chi connectivity index (χ2n) is 13.5. The fourth-order valence-electron chi connectivity index (χ4n) is 7.86. The maximum Gasteiger partial charge on any atom is 1.00 e. The first-order valence-corrected chi connectivity index (χ1v) is 19.9. The first-order valence-electron chi connectivity index (χ1n) is 19.1. The van der Waals surface area contributed by atoms with Crippen molar-refractivity contribution in [3.63, 3.8) is 0 Å². The molecule has 53 heavy (non-hydrogen) atoms. The van der Waals surface area contributed by atoms with Crippen LogP contribution in [0.2, 0.25) is 0 Å². The van der Waals surface area contributed by atoms with Crippen LogP contribution in [-0.4, -0.2) is 54.5 Å². The van der Waals surface area contributed by atoms with Crippen LogP contribution in [0.5, 0.6) is 0 Å². The van der Waals surface area contributed by atoms with E-state index in [0.717, 1.165) is 71.5 Å². The molecular weight excluding hydrogens is 715 g/mol. The summed E-state index contributed by atoms with van der Waals surface area (Å²) in [6.45, 7) is 22.1. The summed E-state index contributed by atoms with van der Waals surface area (Å²) in [6, 6.07) is 8.39. The minimum Gasteiger partial charge on any atom is -0.438 e. The van der Waals surface area contributed by atoms with E-state index in [9.17, 15) is 14.4 Å². The number of ether oxygens (including phenoxy) is 2. The number of thiophene rings is 1. The number of hydrogen-bond acceptors (Lipinski definition) is 8. The maximum absolute atomic E-state index is 14.9. The molecule has 0 saturated carbocycles. The second-order valence-corrected chi connectivity index (χ2v) is 14.6. The number of aliphatic imine (C=N–C) groups is 1. The number of fused-ring (bicyclic) bond motifs is 3. The minimum atomic E-state index is -0.444. The zero-order chi connectivity index (χ0) is 38.0. The van der Waals surface area contributed by atoms with Gasteiger partial charge in [-0.3, -0.25) is 9.69 Å². The summed E-state index contributed by atoms with van der Waals surface area (Å²) in [7, 11) is 0. The van der Waals surface area contributed by atoms with E-state index < -0.39 is 11.9 Å². The van der Waals surface area contributed by atoms with Crippen molar-refractivity contribution in [3.8, 4) is 17.2 Å². The van der Waals surface area contributed by atoms with E-state index in [-0.39, 0.29) is 73.4 Å². The van der Waals surface area contributed by atoms with Gasteiger partial charge in [0.1, 0.15) is 16.9 Å². The number of rotatable bonds is 7. The minimum absolute atomic E-state index is 0. The Kier molecular flexibility index (Phi) is 18.2. The fraction of sp³-hybridized carbons (Fsp3) is 0.561. The third-order valence-corrected chi connectivity index (χ3v) is 10.8. The largest absolute Gasteiger partial charge is 1.00 e. The Labute approximate surface area is 363 Å². The molecule has 1 aromatic heterocycles. The molecule has 3 saturated heterocycles. The molecule has 0 aliphatic carbocycles. The SMILES string of the molecule is CC.CC.CCC.Cc1[c-]c(/C(=N\[CH-]OCC23CCCN2CC(C)C3)NC2CCCNC2=O)c2c(c1-c1ccc(F)c3sc(N)c(C#N)c13)COC2.[K+]. The Hall–Kier alpha value is -2.05. The number of piperidine rings is 1. The Balaban J connectivity index is 0.000000887. The van der Waals surface area contributed by atoms with Gasteiger partial charge in [-0.05, 0) is 68.8 Å². The predicted molar refractivity (Wildman–Crippen MR) is 210 cm³/mol. The molecule has 3 atom stereocenters. The number of carbonyl (C=O) groups is 1. The summed E-state index contributed by atoms with van der Waals surface area (Å²) in [6.07, 6.45) is 6.23. The molecule has 4 aliphatic heterocycles. The zero-order valence-electron chi connectivity index (χ0n) is 33.3. The van der Waals surface area contributed by atoms with Crippen molar-refractivity contribution >= 4 is 38.2 Å². The smallest absolute Gasteiger partial charge is 0.438 e. The predicted octanol–water partition coefficient (Wildman–Crippen LogP) is 5.40. The molecule has 4 N–H and O–H groups in total.